The monoisotopic (exact) mass is 741 g/mol. The first kappa shape index (κ1) is 47.5. The lowest BCUT2D eigenvalue weighted by Crippen LogP contribution is -2.46. The summed E-state index contributed by atoms with van der Waals surface area (Å²) in [5.41, 5.74) is 0. The van der Waals surface area contributed by atoms with Gasteiger partial charge in [0, 0.05) is 52.3 Å². The van der Waals surface area contributed by atoms with E-state index in [-0.39, 0.29) is 0 Å². The van der Waals surface area contributed by atoms with Crippen LogP contribution in [0.4, 0.5) is 0 Å². The van der Waals surface area contributed by atoms with Crippen molar-refractivity contribution in [2.75, 3.05) is 85.5 Å². The molecule has 0 aliphatic rings. The van der Waals surface area contributed by atoms with Gasteiger partial charge in [-0.2, -0.15) is 0 Å². The van der Waals surface area contributed by atoms with Crippen molar-refractivity contribution in [3.05, 3.63) is 0 Å². The van der Waals surface area contributed by atoms with Gasteiger partial charge in [-0.25, -0.2) is 0 Å². The largest absolute Gasteiger partial charge is 0.500 e. The van der Waals surface area contributed by atoms with Gasteiger partial charge in [0.2, 0.25) is 0 Å². The summed E-state index contributed by atoms with van der Waals surface area (Å²) in [6, 6.07) is 4.31. The van der Waals surface area contributed by atoms with E-state index in [1.165, 1.54) is 24.9 Å². The van der Waals surface area contributed by atoms with Crippen molar-refractivity contribution in [1.82, 2.24) is 9.80 Å². The molecule has 0 fully saturated rings. The van der Waals surface area contributed by atoms with E-state index in [4.69, 9.17) is 31.0 Å². The van der Waals surface area contributed by atoms with E-state index in [0.717, 1.165) is 97.0 Å². The van der Waals surface area contributed by atoms with Crippen molar-refractivity contribution in [2.45, 2.75) is 137 Å². The standard InChI is InChI=1S/C34H80N2O7Si4/c1-13-37-44(8,9)31-21-27-35(28-22-32-45(10,11)38-14-2)25-20-26-36(29-23-33-46(12,39-15-3)40-16-4)30-24-34-47(41-17-5,42-18-6)43-19-7/h13-34H2,1-12H3. The molecule has 0 amide bonds. The van der Waals surface area contributed by atoms with Gasteiger partial charge in [-0.05, 0) is 171 Å². The number of rotatable bonds is 34. The minimum absolute atomic E-state index is 0.623. The molecule has 0 aromatic heterocycles. The molecular weight excluding hydrogens is 661 g/mol. The van der Waals surface area contributed by atoms with Crippen LogP contribution in [0.25, 0.3) is 0 Å². The molecule has 13 heteroatoms. The van der Waals surface area contributed by atoms with Crippen LogP contribution in [0.5, 0.6) is 0 Å². The SMILES string of the molecule is CCO[Si](C)(C)CCCN(CCCN(CCC[Si](C)(OCC)OCC)CCC[Si](OCC)(OCC)OCC)CCC[Si](C)(C)OCC. The van der Waals surface area contributed by atoms with E-state index >= 15 is 0 Å². The van der Waals surface area contributed by atoms with E-state index < -0.39 is 34.0 Å². The normalized spacial score (nSPS) is 13.4. The van der Waals surface area contributed by atoms with Gasteiger partial charge in [-0.15, -0.1) is 0 Å². The number of hydrogen-bond acceptors (Lipinski definition) is 9. The summed E-state index contributed by atoms with van der Waals surface area (Å²) >= 11 is 0. The van der Waals surface area contributed by atoms with Crippen molar-refractivity contribution in [2.24, 2.45) is 0 Å². The first-order valence-corrected chi connectivity index (χ1v) is 29.9. The molecule has 0 unspecified atom stereocenters. The first-order valence-electron chi connectivity index (χ1n) is 19.2. The molecule has 284 valence electrons. The third kappa shape index (κ3) is 23.6. The van der Waals surface area contributed by atoms with Gasteiger partial charge < -0.3 is 40.8 Å². The fraction of sp³-hybridized carbons (Fsp3) is 1.00. The molecule has 0 spiro atoms. The smallest absolute Gasteiger partial charge is 0.418 e. The van der Waals surface area contributed by atoms with Gasteiger partial charge >= 0.3 is 17.4 Å². The second kappa shape index (κ2) is 27.2. The molecule has 0 rings (SSSR count). The Bertz CT molecular complexity index is 694. The highest BCUT2D eigenvalue weighted by atomic mass is 28.4. The molecule has 0 heterocycles. The van der Waals surface area contributed by atoms with Crippen LogP contribution < -0.4 is 0 Å². The Morgan fingerprint density at radius 1 is 0.340 bits per heavy atom. The molecule has 0 radical (unpaired) electrons. The Morgan fingerprint density at radius 3 is 0.979 bits per heavy atom. The summed E-state index contributed by atoms with van der Waals surface area (Å²) in [6.45, 7) is 37.7. The Labute approximate surface area is 296 Å². The minimum Gasteiger partial charge on any atom is -0.418 e. The van der Waals surface area contributed by atoms with Crippen LogP contribution in [0, 0.1) is 0 Å². The van der Waals surface area contributed by atoms with Crippen molar-refractivity contribution in [1.29, 1.82) is 0 Å². The minimum atomic E-state index is -2.65. The molecule has 9 nitrogen and oxygen atoms in total. The topological polar surface area (TPSA) is 71.1 Å². The molecule has 0 aliphatic heterocycles. The quantitative estimate of drug-likeness (QED) is 0.0608. The van der Waals surface area contributed by atoms with Crippen LogP contribution in [0.15, 0.2) is 0 Å². The van der Waals surface area contributed by atoms with E-state index in [1.807, 2.05) is 20.8 Å². The van der Waals surface area contributed by atoms with Crippen LogP contribution >= 0.6 is 0 Å². The predicted octanol–water partition coefficient (Wildman–Crippen LogP) is 8.22. The van der Waals surface area contributed by atoms with Crippen LogP contribution in [-0.4, -0.2) is 129 Å². The second-order valence-corrected chi connectivity index (χ2v) is 28.5. The van der Waals surface area contributed by atoms with Gasteiger partial charge in [0.15, 0.2) is 16.6 Å². The second-order valence-electron chi connectivity index (χ2n) is 13.8. The summed E-state index contributed by atoms with van der Waals surface area (Å²) < 4.78 is 43.1. The lowest BCUT2D eigenvalue weighted by atomic mass is 10.2. The number of hydrogen-bond donors (Lipinski definition) is 0. The fourth-order valence-electron chi connectivity index (χ4n) is 6.51. The summed E-state index contributed by atoms with van der Waals surface area (Å²) in [7, 11) is -7.93. The van der Waals surface area contributed by atoms with Gasteiger partial charge in [-0.1, -0.05) is 0 Å². The Hall–Kier alpha value is 0.508. The maximum atomic E-state index is 6.17. The predicted molar refractivity (Wildman–Crippen MR) is 209 cm³/mol. The van der Waals surface area contributed by atoms with Gasteiger partial charge in [0.05, 0.1) is 0 Å². The van der Waals surface area contributed by atoms with Crippen LogP contribution in [0.2, 0.25) is 56.9 Å². The van der Waals surface area contributed by atoms with E-state index in [0.29, 0.717) is 19.8 Å². The molecule has 0 saturated carbocycles. The maximum Gasteiger partial charge on any atom is 0.500 e. The Morgan fingerprint density at radius 2 is 0.638 bits per heavy atom. The lowest BCUT2D eigenvalue weighted by Gasteiger charge is -2.31. The van der Waals surface area contributed by atoms with E-state index in [1.54, 1.807) is 0 Å². The van der Waals surface area contributed by atoms with Crippen LogP contribution in [0.1, 0.15) is 80.6 Å². The first-order chi connectivity index (χ1) is 22.3. The molecule has 0 bridgehead atoms. The summed E-state index contributed by atoms with van der Waals surface area (Å²) in [4.78, 5) is 5.38. The maximum absolute atomic E-state index is 6.17. The molecule has 0 atom stereocenters. The Balaban J connectivity index is 5.52. The van der Waals surface area contributed by atoms with Crippen LogP contribution in [-0.2, 0) is 31.0 Å². The average Bonchev–Trinajstić information content (AvgIpc) is 2.97. The van der Waals surface area contributed by atoms with E-state index in [2.05, 4.69) is 70.2 Å². The van der Waals surface area contributed by atoms with Crippen molar-refractivity contribution in [3.8, 4) is 0 Å². The third-order valence-electron chi connectivity index (χ3n) is 8.58. The van der Waals surface area contributed by atoms with E-state index in [9.17, 15) is 0 Å². The molecular formula is C34H80N2O7Si4. The number of nitrogens with zero attached hydrogens (tertiary/aromatic N) is 2. The molecule has 0 aromatic carbocycles. The van der Waals surface area contributed by atoms with Gasteiger partial charge in [0.1, 0.15) is 0 Å². The zero-order valence-corrected chi connectivity index (χ0v) is 37.3. The summed E-state index contributed by atoms with van der Waals surface area (Å²) in [6.07, 6.45) is 5.69. The highest BCUT2D eigenvalue weighted by molar-refractivity contribution is 6.71. The third-order valence-corrected chi connectivity index (χ3v) is 20.0. The Kier molecular flexibility index (Phi) is 27.5. The zero-order chi connectivity index (χ0) is 35.7. The van der Waals surface area contributed by atoms with Gasteiger partial charge in [0.25, 0.3) is 0 Å². The molecule has 0 aliphatic carbocycles. The van der Waals surface area contributed by atoms with Crippen molar-refractivity contribution >= 4 is 34.0 Å². The molecule has 0 N–H and O–H groups in total. The van der Waals surface area contributed by atoms with Crippen LogP contribution in [0.3, 0.4) is 0 Å². The lowest BCUT2D eigenvalue weighted by molar-refractivity contribution is 0.0698. The molecule has 47 heavy (non-hydrogen) atoms. The molecule has 0 aromatic rings. The summed E-state index contributed by atoms with van der Waals surface area (Å²) in [5.74, 6) is 0. The van der Waals surface area contributed by atoms with Gasteiger partial charge in [-0.3, -0.25) is 0 Å². The van der Waals surface area contributed by atoms with Crippen molar-refractivity contribution in [3.63, 3.8) is 0 Å². The molecule has 0 saturated heterocycles. The average molecular weight is 741 g/mol. The highest BCUT2D eigenvalue weighted by Crippen LogP contribution is 2.21. The zero-order valence-electron chi connectivity index (χ0n) is 33.3. The highest BCUT2D eigenvalue weighted by Gasteiger charge is 2.40. The van der Waals surface area contributed by atoms with Crippen molar-refractivity contribution < 1.29 is 31.0 Å². The fourth-order valence-corrected chi connectivity index (χ4v) is 15.4. The summed E-state index contributed by atoms with van der Waals surface area (Å²) in [5, 5.41) is 0.